The average molecular weight is 371 g/mol. The van der Waals surface area contributed by atoms with Crippen LogP contribution in [-0.2, 0) is 4.74 Å². The molecule has 0 aliphatic heterocycles. The van der Waals surface area contributed by atoms with E-state index >= 15 is 0 Å². The Morgan fingerprint density at radius 2 is 2.12 bits per heavy atom. The molecule has 2 heterocycles. The van der Waals surface area contributed by atoms with E-state index in [0.29, 0.717) is 23.2 Å². The molecule has 0 saturated carbocycles. The molecular formula is C19H21N3O3S. The smallest absolute Gasteiger partial charge is 0.348 e. The molecule has 0 radical (unpaired) electrons. The van der Waals surface area contributed by atoms with Crippen LogP contribution in [0.1, 0.15) is 29.1 Å². The second-order valence-corrected chi connectivity index (χ2v) is 7.31. The van der Waals surface area contributed by atoms with Gasteiger partial charge in [-0.15, -0.1) is 11.3 Å². The second kappa shape index (κ2) is 7.70. The molecule has 2 aromatic heterocycles. The van der Waals surface area contributed by atoms with Crippen molar-refractivity contribution in [3.05, 3.63) is 41.0 Å². The lowest BCUT2D eigenvalue weighted by atomic mass is 10.2. The molecule has 3 aromatic rings. The van der Waals surface area contributed by atoms with Gasteiger partial charge in [0.25, 0.3) is 0 Å². The third-order valence-corrected chi connectivity index (χ3v) is 4.97. The molecule has 0 fully saturated rings. The molecule has 6 nitrogen and oxygen atoms in total. The normalized spacial score (nSPS) is 11.0. The van der Waals surface area contributed by atoms with E-state index in [1.165, 1.54) is 17.7 Å². The summed E-state index contributed by atoms with van der Waals surface area (Å²) in [5.74, 6) is 1.38. The van der Waals surface area contributed by atoms with Crippen LogP contribution < -0.4 is 10.1 Å². The fourth-order valence-electron chi connectivity index (χ4n) is 2.51. The number of nitrogens with zero attached hydrogens (tertiary/aromatic N) is 2. The zero-order chi connectivity index (χ0) is 18.7. The highest BCUT2D eigenvalue weighted by Gasteiger charge is 2.20. The van der Waals surface area contributed by atoms with Gasteiger partial charge in [0, 0.05) is 11.8 Å². The van der Waals surface area contributed by atoms with Crippen molar-refractivity contribution in [1.29, 1.82) is 0 Å². The molecule has 136 valence electrons. The Morgan fingerprint density at radius 3 is 2.85 bits per heavy atom. The van der Waals surface area contributed by atoms with Crippen LogP contribution in [0.5, 0.6) is 5.75 Å². The number of benzene rings is 1. The zero-order valence-corrected chi connectivity index (χ0v) is 16.0. The van der Waals surface area contributed by atoms with Gasteiger partial charge in [-0.25, -0.2) is 14.8 Å². The van der Waals surface area contributed by atoms with Crippen LogP contribution in [0, 0.1) is 12.8 Å². The van der Waals surface area contributed by atoms with E-state index in [2.05, 4.69) is 15.3 Å². The molecule has 0 saturated heterocycles. The maximum Gasteiger partial charge on any atom is 0.348 e. The molecule has 0 atom stereocenters. The zero-order valence-electron chi connectivity index (χ0n) is 15.2. The van der Waals surface area contributed by atoms with Crippen molar-refractivity contribution in [2.45, 2.75) is 20.8 Å². The highest BCUT2D eigenvalue weighted by molar-refractivity contribution is 7.20. The summed E-state index contributed by atoms with van der Waals surface area (Å²) in [6.07, 6.45) is 1.49. The number of carbonyl (C=O) groups excluding carboxylic acids is 1. The standard InChI is InChI=1S/C19H21N3O3S/c1-11(2)9-25-19(23)16-12(3)15-17(20-10-21-18(15)26-16)22-13-6-5-7-14(8-13)24-4/h5-8,10-11H,9H2,1-4H3,(H,20,21,22). The van der Waals surface area contributed by atoms with Crippen molar-refractivity contribution in [3.63, 3.8) is 0 Å². The monoisotopic (exact) mass is 371 g/mol. The first kappa shape index (κ1) is 18.1. The van der Waals surface area contributed by atoms with Crippen LogP contribution >= 0.6 is 11.3 Å². The number of methoxy groups -OCH3 is 1. The van der Waals surface area contributed by atoms with Gasteiger partial charge in [0.15, 0.2) is 0 Å². The number of hydrogen-bond acceptors (Lipinski definition) is 7. The van der Waals surface area contributed by atoms with Crippen LogP contribution in [0.25, 0.3) is 10.2 Å². The Balaban J connectivity index is 1.95. The number of nitrogens with one attached hydrogen (secondary N) is 1. The van der Waals surface area contributed by atoms with Crippen LogP contribution in [0.2, 0.25) is 0 Å². The first-order valence-corrected chi connectivity index (χ1v) is 9.13. The number of anilines is 2. The molecule has 0 spiro atoms. The fraction of sp³-hybridized carbons (Fsp3) is 0.316. The predicted octanol–water partition coefficient (Wildman–Crippen LogP) is 4.56. The van der Waals surface area contributed by atoms with Crippen molar-refractivity contribution in [2.24, 2.45) is 5.92 Å². The van der Waals surface area contributed by atoms with E-state index in [-0.39, 0.29) is 5.97 Å². The molecule has 0 aliphatic carbocycles. The SMILES string of the molecule is COc1cccc(Nc2ncnc3sc(C(=O)OCC(C)C)c(C)c23)c1. The summed E-state index contributed by atoms with van der Waals surface area (Å²) in [6.45, 7) is 6.30. The first-order chi connectivity index (χ1) is 12.5. The van der Waals surface area contributed by atoms with Crippen molar-refractivity contribution in [2.75, 3.05) is 19.0 Å². The number of hydrogen-bond donors (Lipinski definition) is 1. The lowest BCUT2D eigenvalue weighted by molar-refractivity contribution is 0.0464. The van der Waals surface area contributed by atoms with Gasteiger partial charge >= 0.3 is 5.97 Å². The summed E-state index contributed by atoms with van der Waals surface area (Å²) in [7, 11) is 1.63. The number of fused-ring (bicyclic) bond motifs is 1. The topological polar surface area (TPSA) is 73.3 Å². The van der Waals surface area contributed by atoms with Gasteiger partial charge in [-0.2, -0.15) is 0 Å². The van der Waals surface area contributed by atoms with E-state index in [9.17, 15) is 4.79 Å². The Morgan fingerprint density at radius 1 is 1.31 bits per heavy atom. The first-order valence-electron chi connectivity index (χ1n) is 8.32. The molecular weight excluding hydrogens is 350 g/mol. The Bertz CT molecular complexity index is 937. The molecule has 1 N–H and O–H groups in total. The van der Waals surface area contributed by atoms with Crippen LogP contribution in [-0.4, -0.2) is 29.7 Å². The van der Waals surface area contributed by atoms with Gasteiger partial charge in [0.05, 0.1) is 19.1 Å². The second-order valence-electron chi connectivity index (χ2n) is 6.31. The van der Waals surface area contributed by atoms with E-state index in [0.717, 1.165) is 27.2 Å². The van der Waals surface area contributed by atoms with Gasteiger partial charge in [-0.3, -0.25) is 0 Å². The van der Waals surface area contributed by atoms with Crippen molar-refractivity contribution < 1.29 is 14.3 Å². The highest BCUT2D eigenvalue weighted by atomic mass is 32.1. The van der Waals surface area contributed by atoms with Gasteiger partial charge in [-0.1, -0.05) is 19.9 Å². The Kier molecular flexibility index (Phi) is 5.37. The van der Waals surface area contributed by atoms with Gasteiger partial charge in [-0.05, 0) is 30.5 Å². The Labute approximate surface area is 156 Å². The molecule has 0 bridgehead atoms. The number of rotatable bonds is 6. The van der Waals surface area contributed by atoms with Crippen molar-refractivity contribution in [1.82, 2.24) is 9.97 Å². The number of esters is 1. The number of thiophene rings is 1. The minimum absolute atomic E-state index is 0.290. The Hall–Kier alpha value is -2.67. The highest BCUT2D eigenvalue weighted by Crippen LogP contribution is 2.35. The summed E-state index contributed by atoms with van der Waals surface area (Å²) < 4.78 is 10.6. The van der Waals surface area contributed by atoms with Crippen LogP contribution in [0.3, 0.4) is 0 Å². The maximum atomic E-state index is 12.4. The summed E-state index contributed by atoms with van der Waals surface area (Å²) in [6, 6.07) is 7.58. The van der Waals surface area contributed by atoms with Crippen molar-refractivity contribution >= 4 is 39.0 Å². The lowest BCUT2D eigenvalue weighted by Gasteiger charge is -2.09. The lowest BCUT2D eigenvalue weighted by Crippen LogP contribution is -2.09. The molecule has 1 aromatic carbocycles. The molecule has 3 rings (SSSR count). The molecule has 26 heavy (non-hydrogen) atoms. The molecule has 0 unspecified atom stereocenters. The summed E-state index contributed by atoms with van der Waals surface area (Å²) in [4.78, 5) is 22.4. The molecule has 0 amide bonds. The third-order valence-electron chi connectivity index (χ3n) is 3.79. The minimum Gasteiger partial charge on any atom is -0.497 e. The number of ether oxygens (including phenoxy) is 2. The number of aryl methyl sites for hydroxylation is 1. The number of aromatic nitrogens is 2. The third kappa shape index (κ3) is 3.77. The molecule has 0 aliphatic rings. The largest absolute Gasteiger partial charge is 0.497 e. The maximum absolute atomic E-state index is 12.4. The van der Waals surface area contributed by atoms with E-state index in [4.69, 9.17) is 9.47 Å². The van der Waals surface area contributed by atoms with Crippen LogP contribution in [0.4, 0.5) is 11.5 Å². The van der Waals surface area contributed by atoms with E-state index < -0.39 is 0 Å². The minimum atomic E-state index is -0.313. The summed E-state index contributed by atoms with van der Waals surface area (Å²) in [5.41, 5.74) is 1.67. The quantitative estimate of drug-likeness (QED) is 0.640. The summed E-state index contributed by atoms with van der Waals surface area (Å²) in [5, 5.41) is 4.12. The van der Waals surface area contributed by atoms with E-state index in [1.807, 2.05) is 45.0 Å². The van der Waals surface area contributed by atoms with Gasteiger partial charge in [0.2, 0.25) is 0 Å². The molecule has 7 heteroatoms. The van der Waals surface area contributed by atoms with Crippen LogP contribution in [0.15, 0.2) is 30.6 Å². The fourth-order valence-corrected chi connectivity index (χ4v) is 3.55. The van der Waals surface area contributed by atoms with Crippen molar-refractivity contribution in [3.8, 4) is 5.75 Å². The number of carbonyl (C=O) groups is 1. The predicted molar refractivity (Wildman–Crippen MR) is 104 cm³/mol. The van der Waals surface area contributed by atoms with E-state index in [1.54, 1.807) is 7.11 Å². The summed E-state index contributed by atoms with van der Waals surface area (Å²) >= 11 is 1.33. The van der Waals surface area contributed by atoms with Gasteiger partial charge < -0.3 is 14.8 Å². The van der Waals surface area contributed by atoms with Gasteiger partial charge in [0.1, 0.15) is 27.6 Å². The average Bonchev–Trinajstić information content (AvgIpc) is 2.98.